The highest BCUT2D eigenvalue weighted by atomic mass is 35.5. The molecular weight excluding hydrogens is 276 g/mol. The van der Waals surface area contributed by atoms with E-state index >= 15 is 0 Å². The van der Waals surface area contributed by atoms with Crippen molar-refractivity contribution < 1.29 is 14.2 Å². The standard InChI is InChI=1S/C16H21ClO3/c1-11-8-19-14-5-4-12(7-15(14)20-9-11)16(17)13-3-2-6-18-10-13/h4-5,7,11,13,16H,2-3,6,8-10H2,1H3. The summed E-state index contributed by atoms with van der Waals surface area (Å²) in [6.07, 6.45) is 2.22. The number of hydrogen-bond donors (Lipinski definition) is 0. The van der Waals surface area contributed by atoms with E-state index in [1.54, 1.807) is 0 Å². The van der Waals surface area contributed by atoms with Gasteiger partial charge < -0.3 is 14.2 Å². The van der Waals surface area contributed by atoms with Gasteiger partial charge in [-0.2, -0.15) is 0 Å². The van der Waals surface area contributed by atoms with Crippen molar-refractivity contribution in [2.75, 3.05) is 26.4 Å². The van der Waals surface area contributed by atoms with Crippen molar-refractivity contribution in [3.8, 4) is 11.5 Å². The maximum atomic E-state index is 6.62. The maximum Gasteiger partial charge on any atom is 0.161 e. The van der Waals surface area contributed by atoms with Gasteiger partial charge in [0.25, 0.3) is 0 Å². The van der Waals surface area contributed by atoms with Gasteiger partial charge in [-0.1, -0.05) is 13.0 Å². The minimum atomic E-state index is -0.0233. The van der Waals surface area contributed by atoms with Gasteiger partial charge in [0.05, 0.1) is 25.2 Å². The molecule has 3 nitrogen and oxygen atoms in total. The Bertz CT molecular complexity index is 457. The summed E-state index contributed by atoms with van der Waals surface area (Å²) in [7, 11) is 0. The van der Waals surface area contributed by atoms with Crippen LogP contribution in [0.2, 0.25) is 0 Å². The van der Waals surface area contributed by atoms with Crippen molar-refractivity contribution in [2.45, 2.75) is 25.1 Å². The zero-order chi connectivity index (χ0) is 13.9. The number of halogens is 1. The van der Waals surface area contributed by atoms with E-state index in [1.807, 2.05) is 18.2 Å². The molecule has 2 aliphatic heterocycles. The van der Waals surface area contributed by atoms with E-state index < -0.39 is 0 Å². The van der Waals surface area contributed by atoms with Crippen molar-refractivity contribution in [3.63, 3.8) is 0 Å². The normalized spacial score (nSPS) is 27.7. The van der Waals surface area contributed by atoms with E-state index in [0.717, 1.165) is 43.1 Å². The summed E-state index contributed by atoms with van der Waals surface area (Å²) in [6.45, 7) is 5.12. The van der Waals surface area contributed by atoms with Crippen LogP contribution in [0.3, 0.4) is 0 Å². The monoisotopic (exact) mass is 296 g/mol. The molecule has 0 aliphatic carbocycles. The molecule has 110 valence electrons. The van der Waals surface area contributed by atoms with Crippen LogP contribution in [0.25, 0.3) is 0 Å². The van der Waals surface area contributed by atoms with Crippen LogP contribution in [0.4, 0.5) is 0 Å². The Labute approximate surface area is 125 Å². The predicted octanol–water partition coefficient (Wildman–Crippen LogP) is 3.80. The lowest BCUT2D eigenvalue weighted by Crippen LogP contribution is -2.21. The molecule has 0 amide bonds. The van der Waals surface area contributed by atoms with Crippen LogP contribution in [-0.4, -0.2) is 26.4 Å². The lowest BCUT2D eigenvalue weighted by molar-refractivity contribution is 0.0531. The highest BCUT2D eigenvalue weighted by Crippen LogP contribution is 2.39. The second kappa shape index (κ2) is 6.23. The van der Waals surface area contributed by atoms with Crippen LogP contribution < -0.4 is 9.47 Å². The van der Waals surface area contributed by atoms with Gasteiger partial charge in [-0.15, -0.1) is 11.6 Å². The van der Waals surface area contributed by atoms with E-state index in [0.29, 0.717) is 25.0 Å². The van der Waals surface area contributed by atoms with E-state index in [4.69, 9.17) is 25.8 Å². The summed E-state index contributed by atoms with van der Waals surface area (Å²) in [5.74, 6) is 2.43. The Morgan fingerprint density at radius 2 is 1.95 bits per heavy atom. The first-order valence-electron chi connectivity index (χ1n) is 7.35. The molecule has 0 bridgehead atoms. The second-order valence-electron chi connectivity index (χ2n) is 5.81. The number of hydrogen-bond acceptors (Lipinski definition) is 3. The molecule has 2 aliphatic rings. The summed E-state index contributed by atoms with van der Waals surface area (Å²) >= 11 is 6.62. The molecule has 1 saturated heterocycles. The molecule has 1 aromatic rings. The fourth-order valence-corrected chi connectivity index (χ4v) is 3.04. The minimum Gasteiger partial charge on any atom is -0.489 e. The lowest BCUT2D eigenvalue weighted by atomic mass is 9.93. The van der Waals surface area contributed by atoms with E-state index in [2.05, 4.69) is 6.92 Å². The first-order valence-corrected chi connectivity index (χ1v) is 7.79. The predicted molar refractivity (Wildman–Crippen MR) is 78.7 cm³/mol. The van der Waals surface area contributed by atoms with Crippen molar-refractivity contribution in [1.82, 2.24) is 0 Å². The van der Waals surface area contributed by atoms with Gasteiger partial charge in [0, 0.05) is 18.4 Å². The number of rotatable bonds is 2. The third-order valence-corrected chi connectivity index (χ3v) is 4.55. The van der Waals surface area contributed by atoms with Gasteiger partial charge in [0.1, 0.15) is 0 Å². The minimum absolute atomic E-state index is 0.0233. The number of alkyl halides is 1. The maximum absolute atomic E-state index is 6.62. The van der Waals surface area contributed by atoms with Crippen LogP contribution in [0.5, 0.6) is 11.5 Å². The smallest absolute Gasteiger partial charge is 0.161 e. The van der Waals surface area contributed by atoms with Gasteiger partial charge in [-0.3, -0.25) is 0 Å². The van der Waals surface area contributed by atoms with Gasteiger partial charge in [-0.05, 0) is 30.5 Å². The van der Waals surface area contributed by atoms with E-state index in [1.165, 1.54) is 0 Å². The average molecular weight is 297 g/mol. The van der Waals surface area contributed by atoms with Crippen LogP contribution in [0, 0.1) is 11.8 Å². The van der Waals surface area contributed by atoms with Gasteiger partial charge in [0.2, 0.25) is 0 Å². The molecular formula is C16H21ClO3. The Morgan fingerprint density at radius 1 is 1.15 bits per heavy atom. The molecule has 0 radical (unpaired) electrons. The van der Waals surface area contributed by atoms with Gasteiger partial charge in [-0.25, -0.2) is 0 Å². The molecule has 2 heterocycles. The Kier molecular flexibility index (Phi) is 4.37. The van der Waals surface area contributed by atoms with Gasteiger partial charge >= 0.3 is 0 Å². The fourth-order valence-electron chi connectivity index (χ4n) is 2.71. The van der Waals surface area contributed by atoms with Crippen LogP contribution in [0.15, 0.2) is 18.2 Å². The summed E-state index contributed by atoms with van der Waals surface area (Å²) < 4.78 is 17.1. The van der Waals surface area contributed by atoms with Crippen LogP contribution in [0.1, 0.15) is 30.7 Å². The molecule has 1 aromatic carbocycles. The van der Waals surface area contributed by atoms with Crippen molar-refractivity contribution >= 4 is 11.6 Å². The van der Waals surface area contributed by atoms with Crippen LogP contribution in [-0.2, 0) is 4.74 Å². The molecule has 1 fully saturated rings. The molecule has 0 N–H and O–H groups in total. The molecule has 0 aromatic heterocycles. The molecule has 3 rings (SSSR count). The summed E-state index contributed by atoms with van der Waals surface area (Å²) in [6, 6.07) is 6.05. The van der Waals surface area contributed by atoms with E-state index in [-0.39, 0.29) is 5.38 Å². The van der Waals surface area contributed by atoms with Gasteiger partial charge in [0.15, 0.2) is 11.5 Å². The number of fused-ring (bicyclic) bond motifs is 1. The third kappa shape index (κ3) is 3.04. The summed E-state index contributed by atoms with van der Waals surface area (Å²) in [5, 5.41) is -0.0233. The first-order chi connectivity index (χ1) is 9.74. The lowest BCUT2D eigenvalue weighted by Gasteiger charge is -2.26. The first kappa shape index (κ1) is 14.0. The second-order valence-corrected chi connectivity index (χ2v) is 6.28. The third-order valence-electron chi connectivity index (χ3n) is 3.94. The largest absolute Gasteiger partial charge is 0.489 e. The Balaban J connectivity index is 1.77. The topological polar surface area (TPSA) is 27.7 Å². The molecule has 0 spiro atoms. The number of benzene rings is 1. The average Bonchev–Trinajstić information content (AvgIpc) is 2.69. The molecule has 3 atom stereocenters. The Morgan fingerprint density at radius 3 is 2.70 bits per heavy atom. The summed E-state index contributed by atoms with van der Waals surface area (Å²) in [4.78, 5) is 0. The van der Waals surface area contributed by atoms with Crippen LogP contribution >= 0.6 is 11.6 Å². The van der Waals surface area contributed by atoms with Crippen molar-refractivity contribution in [1.29, 1.82) is 0 Å². The molecule has 4 heteroatoms. The summed E-state index contributed by atoms with van der Waals surface area (Å²) in [5.41, 5.74) is 1.10. The number of ether oxygens (including phenoxy) is 3. The highest BCUT2D eigenvalue weighted by Gasteiger charge is 2.25. The molecule has 0 saturated carbocycles. The Hall–Kier alpha value is -0.930. The fraction of sp³-hybridized carbons (Fsp3) is 0.625. The molecule has 3 unspecified atom stereocenters. The zero-order valence-corrected chi connectivity index (χ0v) is 12.6. The van der Waals surface area contributed by atoms with E-state index in [9.17, 15) is 0 Å². The quantitative estimate of drug-likeness (QED) is 0.777. The highest BCUT2D eigenvalue weighted by molar-refractivity contribution is 6.21. The molecule has 20 heavy (non-hydrogen) atoms. The zero-order valence-electron chi connectivity index (χ0n) is 11.8. The van der Waals surface area contributed by atoms with Crippen molar-refractivity contribution in [2.24, 2.45) is 11.8 Å². The van der Waals surface area contributed by atoms with Crippen molar-refractivity contribution in [3.05, 3.63) is 23.8 Å². The SMILES string of the molecule is CC1COc2ccc(C(Cl)C3CCCOC3)cc2OC1.